The van der Waals surface area contributed by atoms with Crippen LogP contribution >= 0.6 is 27.3 Å². The third kappa shape index (κ3) is 3.68. The topological polar surface area (TPSA) is 66.0 Å². The second-order valence-corrected chi connectivity index (χ2v) is 10.2. The molecular formula is C27H21BrN2O4S. The van der Waals surface area contributed by atoms with E-state index in [0.717, 1.165) is 35.2 Å². The van der Waals surface area contributed by atoms with Crippen molar-refractivity contribution in [2.45, 2.75) is 18.9 Å². The second-order valence-electron chi connectivity index (χ2n) is 8.37. The Hall–Kier alpha value is -3.36. The third-order valence-corrected chi connectivity index (χ3v) is 7.87. The fourth-order valence-corrected chi connectivity index (χ4v) is 6.18. The molecule has 0 spiro atoms. The smallest absolute Gasteiger partial charge is 0.271 e. The number of hydrogen-bond acceptors (Lipinski definition) is 6. The Kier molecular flexibility index (Phi) is 5.50. The molecule has 1 aliphatic carbocycles. The Labute approximate surface area is 213 Å². The van der Waals surface area contributed by atoms with Gasteiger partial charge in [0.15, 0.2) is 21.0 Å². The summed E-state index contributed by atoms with van der Waals surface area (Å²) in [6, 6.07) is 17.6. The van der Waals surface area contributed by atoms with Crippen LogP contribution in [-0.4, -0.2) is 18.8 Å². The first-order valence-electron chi connectivity index (χ1n) is 11.2. The van der Waals surface area contributed by atoms with Crippen molar-refractivity contribution in [1.82, 2.24) is 4.57 Å². The van der Waals surface area contributed by atoms with Gasteiger partial charge >= 0.3 is 0 Å². The van der Waals surface area contributed by atoms with Gasteiger partial charge in [-0.25, -0.2) is 4.99 Å². The molecular weight excluding hydrogens is 528 g/mol. The van der Waals surface area contributed by atoms with Crippen LogP contribution in [0.25, 0.3) is 11.8 Å². The molecule has 2 aromatic carbocycles. The molecule has 0 saturated heterocycles. The number of halogens is 1. The minimum absolute atomic E-state index is 0.0912. The molecule has 0 bridgehead atoms. The van der Waals surface area contributed by atoms with Gasteiger partial charge in [-0.2, -0.15) is 0 Å². The maximum absolute atomic E-state index is 13.8. The van der Waals surface area contributed by atoms with E-state index in [9.17, 15) is 4.79 Å². The maximum Gasteiger partial charge on any atom is 0.271 e. The van der Waals surface area contributed by atoms with Gasteiger partial charge < -0.3 is 13.9 Å². The summed E-state index contributed by atoms with van der Waals surface area (Å²) < 4.78 is 19.7. The van der Waals surface area contributed by atoms with Crippen molar-refractivity contribution in [2.75, 3.05) is 14.2 Å². The second kappa shape index (κ2) is 8.70. The van der Waals surface area contributed by atoms with Crippen molar-refractivity contribution in [3.63, 3.8) is 0 Å². The first-order valence-corrected chi connectivity index (χ1v) is 12.8. The van der Waals surface area contributed by atoms with Gasteiger partial charge in [0.25, 0.3) is 5.56 Å². The average Bonchev–Trinajstić information content (AvgIpc) is 3.44. The highest BCUT2D eigenvalue weighted by Crippen LogP contribution is 2.42. The van der Waals surface area contributed by atoms with Crippen LogP contribution in [0.2, 0.25) is 0 Å². The number of aryl methyl sites for hydroxylation is 1. The zero-order valence-electron chi connectivity index (χ0n) is 19.1. The van der Waals surface area contributed by atoms with Crippen LogP contribution in [0, 0.1) is 0 Å². The van der Waals surface area contributed by atoms with Crippen molar-refractivity contribution in [3.8, 4) is 11.5 Å². The molecule has 1 unspecified atom stereocenters. The van der Waals surface area contributed by atoms with E-state index in [1.54, 1.807) is 20.3 Å². The van der Waals surface area contributed by atoms with Crippen LogP contribution in [0.1, 0.15) is 34.9 Å². The van der Waals surface area contributed by atoms with Gasteiger partial charge in [-0.15, -0.1) is 0 Å². The molecule has 6 nitrogen and oxygen atoms in total. The van der Waals surface area contributed by atoms with Gasteiger partial charge in [0.05, 0.1) is 30.5 Å². The monoisotopic (exact) mass is 548 g/mol. The van der Waals surface area contributed by atoms with E-state index in [-0.39, 0.29) is 11.6 Å². The Morgan fingerprint density at radius 3 is 2.69 bits per heavy atom. The summed E-state index contributed by atoms with van der Waals surface area (Å²) in [6.07, 6.45) is 3.50. The lowest BCUT2D eigenvalue weighted by molar-refractivity contribution is 0.354. The van der Waals surface area contributed by atoms with Gasteiger partial charge in [-0.05, 0) is 69.7 Å². The van der Waals surface area contributed by atoms with Crippen LogP contribution in [0.5, 0.6) is 11.5 Å². The number of nitrogens with zero attached hydrogens (tertiary/aromatic N) is 2. The van der Waals surface area contributed by atoms with Crippen molar-refractivity contribution in [1.29, 1.82) is 0 Å². The molecule has 4 aromatic rings. The number of rotatable bonds is 4. The van der Waals surface area contributed by atoms with Crippen molar-refractivity contribution < 1.29 is 13.9 Å². The highest BCUT2D eigenvalue weighted by molar-refractivity contribution is 9.10. The molecule has 2 aliphatic rings. The molecule has 0 saturated carbocycles. The van der Waals surface area contributed by atoms with E-state index >= 15 is 0 Å². The zero-order valence-corrected chi connectivity index (χ0v) is 21.5. The number of benzene rings is 2. The minimum Gasteiger partial charge on any atom is -0.493 e. The number of thiazole rings is 1. The Morgan fingerprint density at radius 2 is 1.91 bits per heavy atom. The number of hydrogen-bond donors (Lipinski definition) is 0. The summed E-state index contributed by atoms with van der Waals surface area (Å²) in [5, 5.41) is 0. The molecule has 35 heavy (non-hydrogen) atoms. The minimum atomic E-state index is -0.292. The number of fused-ring (bicyclic) bond motifs is 3. The van der Waals surface area contributed by atoms with Crippen LogP contribution < -0.4 is 24.4 Å². The molecule has 1 aliphatic heterocycles. The molecule has 176 valence electrons. The van der Waals surface area contributed by atoms with Crippen molar-refractivity contribution >= 4 is 39.0 Å². The highest BCUT2D eigenvalue weighted by Gasteiger charge is 2.33. The first kappa shape index (κ1) is 22.1. The van der Waals surface area contributed by atoms with Gasteiger partial charge in [-0.3, -0.25) is 9.36 Å². The lowest BCUT2D eigenvalue weighted by Crippen LogP contribution is -2.38. The standard InChI is InChI=1S/C27H21BrN2O4S/c1-32-20-11-8-16(13-21(20)33-2)25-19-10-7-15-5-3-4-6-18(15)24(19)29-27-30(25)26(31)22(35-27)14-17-9-12-23(28)34-17/h3-6,8-9,11-14,25H,7,10H2,1-2H3/b22-14-. The number of allylic oxidation sites excluding steroid dienone is 1. The predicted octanol–water partition coefficient (Wildman–Crippen LogP) is 4.69. The molecule has 6 rings (SSSR count). The lowest BCUT2D eigenvalue weighted by atomic mass is 9.83. The largest absolute Gasteiger partial charge is 0.493 e. The number of furan rings is 1. The number of methoxy groups -OCH3 is 2. The molecule has 8 heteroatoms. The fraction of sp³-hybridized carbons (Fsp3) is 0.185. The Balaban J connectivity index is 1.63. The van der Waals surface area contributed by atoms with E-state index in [1.807, 2.05) is 41.0 Å². The SMILES string of the molecule is COc1ccc(C2C3=C(N=c4s/c(=C\c5ccc(Br)o5)c(=O)n42)c2ccccc2CC3)cc1OC. The van der Waals surface area contributed by atoms with E-state index in [0.29, 0.717) is 31.3 Å². The van der Waals surface area contributed by atoms with Crippen LogP contribution in [-0.2, 0) is 6.42 Å². The number of aromatic nitrogens is 1. The Bertz CT molecular complexity index is 1680. The van der Waals surface area contributed by atoms with E-state index in [4.69, 9.17) is 18.9 Å². The van der Waals surface area contributed by atoms with Gasteiger partial charge in [-0.1, -0.05) is 41.7 Å². The average molecular weight is 549 g/mol. The summed E-state index contributed by atoms with van der Waals surface area (Å²) in [5.74, 6) is 1.89. The summed E-state index contributed by atoms with van der Waals surface area (Å²) in [4.78, 5) is 19.5. The van der Waals surface area contributed by atoms with Crippen LogP contribution in [0.3, 0.4) is 0 Å². The molecule has 0 N–H and O–H groups in total. The van der Waals surface area contributed by atoms with Gasteiger partial charge in [0.2, 0.25) is 0 Å². The summed E-state index contributed by atoms with van der Waals surface area (Å²) >= 11 is 4.70. The third-order valence-electron chi connectivity index (χ3n) is 6.46. The van der Waals surface area contributed by atoms with E-state index < -0.39 is 0 Å². The van der Waals surface area contributed by atoms with Crippen LogP contribution in [0.15, 0.2) is 79.0 Å². The zero-order chi connectivity index (χ0) is 24.1. The fourth-order valence-electron chi connectivity index (χ4n) is 4.88. The summed E-state index contributed by atoms with van der Waals surface area (Å²) in [6.45, 7) is 0. The Morgan fingerprint density at radius 1 is 1.09 bits per heavy atom. The number of ether oxygens (including phenoxy) is 2. The molecule has 0 radical (unpaired) electrons. The van der Waals surface area contributed by atoms with Gasteiger partial charge in [0.1, 0.15) is 5.76 Å². The molecule has 0 amide bonds. The van der Waals surface area contributed by atoms with Gasteiger partial charge in [0, 0.05) is 11.6 Å². The van der Waals surface area contributed by atoms with Crippen molar-refractivity contribution in [2.24, 2.45) is 4.99 Å². The lowest BCUT2D eigenvalue weighted by Gasteiger charge is -2.31. The quantitative estimate of drug-likeness (QED) is 0.371. The normalized spacial score (nSPS) is 16.9. The summed E-state index contributed by atoms with van der Waals surface area (Å²) in [7, 11) is 3.24. The molecule has 1 atom stereocenters. The predicted molar refractivity (Wildman–Crippen MR) is 139 cm³/mol. The van der Waals surface area contributed by atoms with Crippen LogP contribution in [0.4, 0.5) is 0 Å². The van der Waals surface area contributed by atoms with E-state index in [2.05, 4.69) is 34.1 Å². The molecule has 2 aromatic heterocycles. The first-order chi connectivity index (χ1) is 17.1. The van der Waals surface area contributed by atoms with Crippen molar-refractivity contribution in [3.05, 3.63) is 107 Å². The summed E-state index contributed by atoms with van der Waals surface area (Å²) in [5.41, 5.74) is 5.37. The van der Waals surface area contributed by atoms with E-state index in [1.165, 1.54) is 16.9 Å². The molecule has 0 fully saturated rings. The maximum atomic E-state index is 13.8. The molecule has 3 heterocycles. The highest BCUT2D eigenvalue weighted by atomic mass is 79.9.